The van der Waals surface area contributed by atoms with Gasteiger partial charge >= 0.3 is 0 Å². The summed E-state index contributed by atoms with van der Waals surface area (Å²) in [6, 6.07) is 11.9. The van der Waals surface area contributed by atoms with Crippen LogP contribution in [0.4, 0.5) is 0 Å². The van der Waals surface area contributed by atoms with Crippen molar-refractivity contribution in [2.75, 3.05) is 7.05 Å². The average Bonchev–Trinajstić information content (AvgIpc) is 3.04. The molecule has 1 nitrogen and oxygen atoms in total. The highest BCUT2D eigenvalue weighted by molar-refractivity contribution is 5.34. The van der Waals surface area contributed by atoms with E-state index in [-0.39, 0.29) is 0 Å². The van der Waals surface area contributed by atoms with Gasteiger partial charge in [0.15, 0.2) is 0 Å². The molecule has 3 fully saturated rings. The van der Waals surface area contributed by atoms with Gasteiger partial charge in [-0.1, -0.05) is 36.8 Å². The molecule has 0 saturated heterocycles. The highest BCUT2D eigenvalue weighted by atomic mass is 14.9. The van der Waals surface area contributed by atoms with Crippen molar-refractivity contribution >= 4 is 0 Å². The van der Waals surface area contributed by atoms with Crippen LogP contribution in [0, 0.1) is 17.8 Å². The van der Waals surface area contributed by atoms with Crippen LogP contribution in [0.5, 0.6) is 0 Å². The first kappa shape index (κ1) is 12.9. The molecule has 1 heteroatoms. The molecule has 3 saturated carbocycles. The fraction of sp³-hybridized carbons (Fsp3) is 0.684. The van der Waals surface area contributed by atoms with Crippen LogP contribution >= 0.6 is 0 Å². The van der Waals surface area contributed by atoms with Crippen LogP contribution in [0.3, 0.4) is 0 Å². The van der Waals surface area contributed by atoms with Crippen molar-refractivity contribution < 1.29 is 0 Å². The summed E-state index contributed by atoms with van der Waals surface area (Å²) < 4.78 is 0. The molecule has 0 aliphatic heterocycles. The molecule has 4 unspecified atom stereocenters. The zero-order valence-electron chi connectivity index (χ0n) is 12.6. The van der Waals surface area contributed by atoms with E-state index >= 15 is 0 Å². The lowest BCUT2D eigenvalue weighted by molar-refractivity contribution is 0.260. The van der Waals surface area contributed by atoms with Crippen molar-refractivity contribution in [1.82, 2.24) is 5.32 Å². The van der Waals surface area contributed by atoms with Crippen LogP contribution in [0.15, 0.2) is 30.3 Å². The number of nitrogens with one attached hydrogen (secondary N) is 1. The first-order valence-corrected chi connectivity index (χ1v) is 8.54. The second-order valence-corrected chi connectivity index (χ2v) is 7.53. The van der Waals surface area contributed by atoms with Crippen molar-refractivity contribution in [1.29, 1.82) is 0 Å². The van der Waals surface area contributed by atoms with Gasteiger partial charge in [0.2, 0.25) is 0 Å². The molecule has 4 rings (SSSR count). The third-order valence-electron chi connectivity index (χ3n) is 6.58. The summed E-state index contributed by atoms with van der Waals surface area (Å²) in [6.45, 7) is 0. The molecule has 108 valence electrons. The molecule has 0 amide bonds. The van der Waals surface area contributed by atoms with Crippen LogP contribution in [-0.4, -0.2) is 13.1 Å². The summed E-state index contributed by atoms with van der Waals surface area (Å²) >= 11 is 0. The summed E-state index contributed by atoms with van der Waals surface area (Å²) in [7, 11) is 2.18. The predicted molar refractivity (Wildman–Crippen MR) is 83.8 cm³/mol. The van der Waals surface area contributed by atoms with Gasteiger partial charge in [-0.3, -0.25) is 0 Å². The van der Waals surface area contributed by atoms with Crippen molar-refractivity contribution in [3.63, 3.8) is 0 Å². The molecule has 1 N–H and O–H groups in total. The maximum Gasteiger partial charge on any atom is 0.0164 e. The number of fused-ring (bicyclic) bond motifs is 2. The van der Waals surface area contributed by atoms with Gasteiger partial charge in [-0.05, 0) is 68.9 Å². The summed E-state index contributed by atoms with van der Waals surface area (Å²) in [4.78, 5) is 0. The number of benzene rings is 1. The lowest BCUT2D eigenvalue weighted by Gasteiger charge is -2.32. The topological polar surface area (TPSA) is 12.0 Å². The van der Waals surface area contributed by atoms with E-state index < -0.39 is 0 Å². The first-order chi connectivity index (χ1) is 9.82. The first-order valence-electron chi connectivity index (χ1n) is 8.54. The van der Waals surface area contributed by atoms with Gasteiger partial charge < -0.3 is 5.32 Å². The van der Waals surface area contributed by atoms with Crippen LogP contribution in [0.1, 0.15) is 50.5 Å². The van der Waals surface area contributed by atoms with E-state index in [0.717, 1.165) is 17.8 Å². The number of likely N-dealkylation sites (N-methyl/N-ethyl adjacent to an activating group) is 1. The van der Waals surface area contributed by atoms with Gasteiger partial charge in [0.1, 0.15) is 0 Å². The molecule has 3 aliphatic carbocycles. The fourth-order valence-corrected chi connectivity index (χ4v) is 5.33. The van der Waals surface area contributed by atoms with Crippen LogP contribution in [0.2, 0.25) is 0 Å². The molecule has 2 bridgehead atoms. The summed E-state index contributed by atoms with van der Waals surface area (Å²) in [5.74, 6) is 3.14. The molecule has 0 aromatic heterocycles. The van der Waals surface area contributed by atoms with E-state index in [1.54, 1.807) is 12.0 Å². The smallest absolute Gasteiger partial charge is 0.0164 e. The van der Waals surface area contributed by atoms with Crippen molar-refractivity contribution in [2.45, 2.75) is 56.4 Å². The third-order valence-corrected chi connectivity index (χ3v) is 6.58. The fourth-order valence-electron chi connectivity index (χ4n) is 5.33. The third kappa shape index (κ3) is 2.02. The van der Waals surface area contributed by atoms with E-state index in [2.05, 4.69) is 42.7 Å². The molecule has 1 aromatic carbocycles. The van der Waals surface area contributed by atoms with E-state index in [0.29, 0.717) is 11.5 Å². The Kier molecular flexibility index (Phi) is 3.14. The van der Waals surface area contributed by atoms with Crippen LogP contribution in [0.25, 0.3) is 0 Å². The number of hydrogen-bond donors (Lipinski definition) is 1. The highest BCUT2D eigenvalue weighted by Gasteiger charge is 2.51. The average molecular weight is 269 g/mol. The van der Waals surface area contributed by atoms with Gasteiger partial charge in [0, 0.05) is 11.5 Å². The van der Waals surface area contributed by atoms with Gasteiger partial charge in [-0.2, -0.15) is 0 Å². The van der Waals surface area contributed by atoms with Crippen molar-refractivity contribution in [3.05, 3.63) is 35.9 Å². The Balaban J connectivity index is 1.51. The maximum absolute atomic E-state index is 3.69. The van der Waals surface area contributed by atoms with Crippen LogP contribution in [-0.2, 0) is 5.41 Å². The Labute approximate surface area is 123 Å². The Hall–Kier alpha value is -0.820. The van der Waals surface area contributed by atoms with E-state index in [1.165, 1.54) is 38.5 Å². The molecule has 4 atom stereocenters. The van der Waals surface area contributed by atoms with Crippen molar-refractivity contribution in [2.24, 2.45) is 17.8 Å². The Morgan fingerprint density at radius 2 is 1.95 bits per heavy atom. The normalized spacial score (nSPS) is 35.1. The molecular weight excluding hydrogens is 242 g/mol. The molecule has 20 heavy (non-hydrogen) atoms. The minimum Gasteiger partial charge on any atom is -0.316 e. The van der Waals surface area contributed by atoms with Gasteiger partial charge in [0.05, 0.1) is 0 Å². The van der Waals surface area contributed by atoms with Crippen LogP contribution < -0.4 is 5.32 Å². The molecule has 0 spiro atoms. The monoisotopic (exact) mass is 269 g/mol. The highest BCUT2D eigenvalue weighted by Crippen LogP contribution is 2.55. The van der Waals surface area contributed by atoms with E-state index in [9.17, 15) is 0 Å². The summed E-state index contributed by atoms with van der Waals surface area (Å²) in [5.41, 5.74) is 2.03. The second kappa shape index (κ2) is 4.87. The number of hydrogen-bond acceptors (Lipinski definition) is 1. The molecule has 0 radical (unpaired) electrons. The second-order valence-electron chi connectivity index (χ2n) is 7.53. The predicted octanol–water partition coefficient (Wildman–Crippen LogP) is 4.13. The maximum atomic E-state index is 3.69. The quantitative estimate of drug-likeness (QED) is 0.847. The molecule has 3 aliphatic rings. The van der Waals surface area contributed by atoms with Gasteiger partial charge in [-0.25, -0.2) is 0 Å². The Bertz CT molecular complexity index is 462. The molecule has 0 heterocycles. The molecular formula is C19H27N. The van der Waals surface area contributed by atoms with E-state index in [1.807, 2.05) is 0 Å². The largest absolute Gasteiger partial charge is 0.316 e. The minimum absolute atomic E-state index is 0.456. The lowest BCUT2D eigenvalue weighted by atomic mass is 9.78. The summed E-state index contributed by atoms with van der Waals surface area (Å²) in [5, 5.41) is 3.69. The van der Waals surface area contributed by atoms with E-state index in [4.69, 9.17) is 0 Å². The zero-order valence-corrected chi connectivity index (χ0v) is 12.6. The molecule has 1 aromatic rings. The van der Waals surface area contributed by atoms with Gasteiger partial charge in [0.25, 0.3) is 0 Å². The minimum atomic E-state index is 0.456. The lowest BCUT2D eigenvalue weighted by Crippen LogP contribution is -2.40. The Morgan fingerprint density at radius 1 is 1.15 bits per heavy atom. The SMILES string of the molecule is CNC(CC1CC2CCC1C2)C1(c2ccccc2)CC1. The van der Waals surface area contributed by atoms with Crippen molar-refractivity contribution in [3.8, 4) is 0 Å². The Morgan fingerprint density at radius 3 is 2.50 bits per heavy atom. The van der Waals surface area contributed by atoms with Gasteiger partial charge in [-0.15, -0.1) is 0 Å². The zero-order chi connectivity index (χ0) is 13.6. The standard InChI is InChI=1S/C19H27N/c1-20-18(13-16-12-14-7-8-15(16)11-14)19(9-10-19)17-5-3-2-4-6-17/h2-6,14-16,18,20H,7-13H2,1H3. The summed E-state index contributed by atoms with van der Waals surface area (Å²) in [6.07, 6.45) is 10.3. The number of rotatable bonds is 5.